The van der Waals surface area contributed by atoms with Gasteiger partial charge in [-0.1, -0.05) is 23.4 Å². The van der Waals surface area contributed by atoms with Crippen LogP contribution in [0.15, 0.2) is 35.0 Å². The minimum absolute atomic E-state index is 0.119. The average molecular weight is 292 g/mol. The maximum Gasteiger partial charge on any atom is 0.256 e. The number of ether oxygens (including phenoxy) is 1. The van der Waals surface area contributed by atoms with Crippen LogP contribution in [0.4, 0.5) is 4.39 Å². The molecule has 6 heteroatoms. The summed E-state index contributed by atoms with van der Waals surface area (Å²) in [6.45, 7) is 3.48. The number of hydrogen-bond acceptors (Lipinski definition) is 4. The van der Waals surface area contributed by atoms with Crippen molar-refractivity contribution in [2.24, 2.45) is 0 Å². The van der Waals surface area contributed by atoms with Gasteiger partial charge in [-0.3, -0.25) is 4.79 Å². The molecule has 0 aliphatic heterocycles. The molecule has 5 nitrogen and oxygen atoms in total. The van der Waals surface area contributed by atoms with Crippen LogP contribution in [0.3, 0.4) is 0 Å². The number of rotatable bonds is 5. The molecular weight excluding hydrogens is 275 g/mol. The summed E-state index contributed by atoms with van der Waals surface area (Å²) in [4.78, 5) is 12.0. The highest BCUT2D eigenvalue weighted by Gasteiger charge is 2.30. The molecule has 0 bridgehead atoms. The minimum Gasteiger partial charge on any atom is -0.372 e. The minimum atomic E-state index is -0.966. The van der Waals surface area contributed by atoms with Crippen LogP contribution in [0.1, 0.15) is 28.6 Å². The first kappa shape index (κ1) is 15.2. The van der Waals surface area contributed by atoms with Crippen LogP contribution < -0.4 is 5.32 Å². The van der Waals surface area contributed by atoms with Gasteiger partial charge in [-0.2, -0.15) is 0 Å². The summed E-state index contributed by atoms with van der Waals surface area (Å²) in [6, 6.07) is 6.32. The lowest BCUT2D eigenvalue weighted by Gasteiger charge is -2.29. The lowest BCUT2D eigenvalue weighted by atomic mass is 9.95. The van der Waals surface area contributed by atoms with Crippen molar-refractivity contribution in [3.8, 4) is 0 Å². The summed E-state index contributed by atoms with van der Waals surface area (Å²) in [7, 11) is 1.48. The van der Waals surface area contributed by atoms with Crippen LogP contribution >= 0.6 is 0 Å². The van der Waals surface area contributed by atoms with Gasteiger partial charge in [0.2, 0.25) is 0 Å². The van der Waals surface area contributed by atoms with Gasteiger partial charge >= 0.3 is 0 Å². The number of benzene rings is 1. The summed E-state index contributed by atoms with van der Waals surface area (Å²) in [5.41, 5.74) is -0.233. The van der Waals surface area contributed by atoms with Crippen LogP contribution in [0.25, 0.3) is 0 Å². The molecule has 1 aromatic heterocycles. The maximum atomic E-state index is 13.9. The highest BCUT2D eigenvalue weighted by Crippen LogP contribution is 2.26. The Kier molecular flexibility index (Phi) is 4.37. The van der Waals surface area contributed by atoms with E-state index in [0.717, 1.165) is 0 Å². The number of halogens is 1. The summed E-state index contributed by atoms with van der Waals surface area (Å²) in [5, 5.41) is 6.27. The van der Waals surface area contributed by atoms with E-state index in [1.165, 1.54) is 19.4 Å². The summed E-state index contributed by atoms with van der Waals surface area (Å²) in [6.07, 6.45) is 1.35. The number of nitrogens with zero attached hydrogens (tertiary/aromatic N) is 1. The average Bonchev–Trinajstić information content (AvgIpc) is 2.91. The Hall–Kier alpha value is -2.21. The fraction of sp³-hybridized carbons (Fsp3) is 0.333. The zero-order valence-corrected chi connectivity index (χ0v) is 12.1. The molecule has 0 aliphatic carbocycles. The highest BCUT2D eigenvalue weighted by molar-refractivity contribution is 5.94. The molecule has 1 N–H and O–H groups in total. The number of amides is 1. The summed E-state index contributed by atoms with van der Waals surface area (Å²) in [5.74, 6) is -0.289. The van der Waals surface area contributed by atoms with Gasteiger partial charge in [0, 0.05) is 12.7 Å². The van der Waals surface area contributed by atoms with Gasteiger partial charge in [-0.05, 0) is 19.9 Å². The molecule has 2 rings (SSSR count). The van der Waals surface area contributed by atoms with E-state index in [2.05, 4.69) is 10.5 Å². The number of methoxy groups -OCH3 is 1. The van der Waals surface area contributed by atoms with Crippen LogP contribution in [-0.2, 0) is 10.3 Å². The largest absolute Gasteiger partial charge is 0.372 e. The Balaban J connectivity index is 2.14. The van der Waals surface area contributed by atoms with E-state index in [0.29, 0.717) is 16.9 Å². The third-order valence-corrected chi connectivity index (χ3v) is 3.48. The molecule has 21 heavy (non-hydrogen) atoms. The van der Waals surface area contributed by atoms with Gasteiger partial charge in [0.05, 0.1) is 12.7 Å². The zero-order valence-electron chi connectivity index (χ0n) is 12.1. The van der Waals surface area contributed by atoms with Crippen LogP contribution in [0.2, 0.25) is 0 Å². The van der Waals surface area contributed by atoms with Crippen molar-refractivity contribution in [2.75, 3.05) is 13.7 Å². The van der Waals surface area contributed by atoms with Crippen molar-refractivity contribution in [3.05, 3.63) is 53.2 Å². The first-order chi connectivity index (χ1) is 9.98. The number of nitrogens with one attached hydrogen (secondary N) is 1. The number of carbonyl (C=O) groups excluding carboxylic acids is 1. The molecule has 0 spiro atoms. The van der Waals surface area contributed by atoms with Crippen molar-refractivity contribution in [2.45, 2.75) is 19.4 Å². The normalized spacial score (nSPS) is 13.7. The van der Waals surface area contributed by atoms with E-state index < -0.39 is 5.60 Å². The Morgan fingerprint density at radius 1 is 1.48 bits per heavy atom. The second-order valence-electron chi connectivity index (χ2n) is 4.89. The quantitative estimate of drug-likeness (QED) is 0.919. The number of carbonyl (C=O) groups is 1. The van der Waals surface area contributed by atoms with Gasteiger partial charge in [0.25, 0.3) is 5.91 Å². The van der Waals surface area contributed by atoms with Crippen molar-refractivity contribution < 1.29 is 18.4 Å². The molecule has 1 amide bonds. The Labute approximate surface area is 122 Å². The zero-order chi connectivity index (χ0) is 15.5. The molecule has 2 aromatic rings. The number of hydrogen-bond donors (Lipinski definition) is 1. The molecule has 112 valence electrons. The Morgan fingerprint density at radius 3 is 2.76 bits per heavy atom. The van der Waals surface area contributed by atoms with E-state index >= 15 is 0 Å². The van der Waals surface area contributed by atoms with E-state index in [4.69, 9.17) is 9.26 Å². The fourth-order valence-corrected chi connectivity index (χ4v) is 2.03. The standard InChI is InChI=1S/C15H17FN2O3/c1-10-11(8-18-21-10)14(19)17-9-15(2,20-3)12-6-4-5-7-13(12)16/h4-8H,9H2,1-3H3,(H,17,19)/t15-/m0/s1. The highest BCUT2D eigenvalue weighted by atomic mass is 19.1. The molecule has 0 unspecified atom stereocenters. The first-order valence-electron chi connectivity index (χ1n) is 6.47. The van der Waals surface area contributed by atoms with Crippen molar-refractivity contribution in [1.29, 1.82) is 0 Å². The van der Waals surface area contributed by atoms with Gasteiger partial charge in [-0.15, -0.1) is 0 Å². The molecule has 1 atom stereocenters. The molecule has 1 heterocycles. The summed E-state index contributed by atoms with van der Waals surface area (Å²) >= 11 is 0. The monoisotopic (exact) mass is 292 g/mol. The number of aromatic nitrogens is 1. The van der Waals surface area contributed by atoms with Gasteiger partial charge in [0.1, 0.15) is 22.7 Å². The number of aryl methyl sites for hydroxylation is 1. The van der Waals surface area contributed by atoms with Crippen molar-refractivity contribution in [3.63, 3.8) is 0 Å². The van der Waals surface area contributed by atoms with Gasteiger partial charge in [-0.25, -0.2) is 4.39 Å². The molecule has 0 saturated heterocycles. The van der Waals surface area contributed by atoms with Crippen LogP contribution in [0, 0.1) is 12.7 Å². The first-order valence-corrected chi connectivity index (χ1v) is 6.47. The molecule has 0 radical (unpaired) electrons. The van der Waals surface area contributed by atoms with Crippen molar-refractivity contribution in [1.82, 2.24) is 10.5 Å². The van der Waals surface area contributed by atoms with Crippen LogP contribution in [-0.4, -0.2) is 24.7 Å². The third-order valence-electron chi connectivity index (χ3n) is 3.48. The lowest BCUT2D eigenvalue weighted by molar-refractivity contribution is 0.000374. The second kappa shape index (κ2) is 6.05. The molecule has 0 fully saturated rings. The van der Waals surface area contributed by atoms with Gasteiger partial charge in [0.15, 0.2) is 0 Å². The Morgan fingerprint density at radius 2 is 2.19 bits per heavy atom. The SMILES string of the molecule is CO[C@@](C)(CNC(=O)c1cnoc1C)c1ccccc1F. The molecule has 0 saturated carbocycles. The van der Waals surface area contributed by atoms with E-state index in [1.54, 1.807) is 32.0 Å². The fourth-order valence-electron chi connectivity index (χ4n) is 2.03. The maximum absolute atomic E-state index is 13.9. The predicted molar refractivity (Wildman–Crippen MR) is 74.3 cm³/mol. The van der Waals surface area contributed by atoms with E-state index in [9.17, 15) is 9.18 Å². The lowest BCUT2D eigenvalue weighted by Crippen LogP contribution is -2.40. The second-order valence-corrected chi connectivity index (χ2v) is 4.89. The van der Waals surface area contributed by atoms with Gasteiger partial charge < -0.3 is 14.6 Å². The van der Waals surface area contributed by atoms with Crippen molar-refractivity contribution >= 4 is 5.91 Å². The topological polar surface area (TPSA) is 64.4 Å². The molecule has 0 aliphatic rings. The van der Waals surface area contributed by atoms with E-state index in [1.807, 2.05) is 0 Å². The summed E-state index contributed by atoms with van der Waals surface area (Å²) < 4.78 is 24.2. The Bertz CT molecular complexity index is 641. The van der Waals surface area contributed by atoms with E-state index in [-0.39, 0.29) is 18.3 Å². The predicted octanol–water partition coefficient (Wildman–Crippen LogP) is 2.41. The third kappa shape index (κ3) is 3.11. The van der Waals surface area contributed by atoms with Crippen LogP contribution in [0.5, 0.6) is 0 Å². The molecule has 1 aromatic carbocycles. The molecular formula is C15H17FN2O3. The smallest absolute Gasteiger partial charge is 0.256 e.